The Hall–Kier alpha value is -6.72. The molecular formula is C52H43BN2O2. The molecule has 0 bridgehead atoms. The number of para-hydroxylation sites is 3. The number of benzene rings is 6. The van der Waals surface area contributed by atoms with Crippen LogP contribution in [-0.2, 0) is 0 Å². The molecule has 0 spiro atoms. The average molecular weight is 739 g/mol. The lowest BCUT2D eigenvalue weighted by Crippen LogP contribution is -2.55. The SMILES string of the molecule is CC(C)c1cccc(C(C)C)c1-c1cc(-c2cccc(-c3cc(-c4ccccc4B4c5ccccc5Oc5ccccc54)ccn3)c2)nc(-c2ccccc2O)c1. The summed E-state index contributed by atoms with van der Waals surface area (Å²) in [6, 6.07) is 56.6. The summed E-state index contributed by atoms with van der Waals surface area (Å²) >= 11 is 0. The third kappa shape index (κ3) is 6.80. The Balaban J connectivity index is 1.16. The highest BCUT2D eigenvalue weighted by Gasteiger charge is 2.33. The van der Waals surface area contributed by atoms with Crippen LogP contribution in [0.2, 0.25) is 0 Å². The van der Waals surface area contributed by atoms with E-state index in [1.807, 2.05) is 36.5 Å². The van der Waals surface area contributed by atoms with E-state index in [4.69, 9.17) is 14.7 Å². The van der Waals surface area contributed by atoms with Crippen molar-refractivity contribution in [2.45, 2.75) is 39.5 Å². The van der Waals surface area contributed by atoms with Crippen molar-refractivity contribution in [1.82, 2.24) is 9.97 Å². The summed E-state index contributed by atoms with van der Waals surface area (Å²) in [5.41, 5.74) is 15.8. The van der Waals surface area contributed by atoms with Gasteiger partial charge in [0.2, 0.25) is 0 Å². The van der Waals surface area contributed by atoms with Crippen molar-refractivity contribution in [2.24, 2.45) is 0 Å². The van der Waals surface area contributed by atoms with Gasteiger partial charge in [-0.15, -0.1) is 0 Å². The molecule has 1 aliphatic rings. The number of rotatable bonds is 8. The summed E-state index contributed by atoms with van der Waals surface area (Å²) in [6.07, 6.45) is 1.91. The average Bonchev–Trinajstić information content (AvgIpc) is 3.25. The maximum absolute atomic E-state index is 11.0. The van der Waals surface area contributed by atoms with Gasteiger partial charge in [-0.05, 0) is 111 Å². The highest BCUT2D eigenvalue weighted by Crippen LogP contribution is 2.40. The number of phenols is 1. The normalized spacial score (nSPS) is 12.0. The van der Waals surface area contributed by atoms with Gasteiger partial charge in [0.05, 0.1) is 17.1 Å². The second-order valence-electron chi connectivity index (χ2n) is 15.5. The molecule has 0 radical (unpaired) electrons. The van der Waals surface area contributed by atoms with Gasteiger partial charge in [-0.3, -0.25) is 4.98 Å². The van der Waals surface area contributed by atoms with Crippen LogP contribution in [0.5, 0.6) is 17.2 Å². The Morgan fingerprint density at radius 2 is 1.02 bits per heavy atom. The Kier molecular flexibility index (Phi) is 9.51. The van der Waals surface area contributed by atoms with Crippen LogP contribution in [0.4, 0.5) is 0 Å². The van der Waals surface area contributed by atoms with Gasteiger partial charge < -0.3 is 9.84 Å². The molecule has 0 saturated carbocycles. The Morgan fingerprint density at radius 3 is 1.68 bits per heavy atom. The van der Waals surface area contributed by atoms with Crippen LogP contribution >= 0.6 is 0 Å². The molecule has 0 amide bonds. The lowest BCUT2D eigenvalue weighted by atomic mass is 9.35. The largest absolute Gasteiger partial charge is 0.507 e. The van der Waals surface area contributed by atoms with Crippen molar-refractivity contribution < 1.29 is 9.84 Å². The van der Waals surface area contributed by atoms with Crippen molar-refractivity contribution in [2.75, 3.05) is 0 Å². The molecule has 57 heavy (non-hydrogen) atoms. The molecule has 0 unspecified atom stereocenters. The van der Waals surface area contributed by atoms with E-state index in [1.54, 1.807) is 6.07 Å². The first-order valence-corrected chi connectivity index (χ1v) is 19.8. The van der Waals surface area contributed by atoms with Crippen LogP contribution in [0.15, 0.2) is 170 Å². The van der Waals surface area contributed by atoms with Gasteiger partial charge >= 0.3 is 0 Å². The van der Waals surface area contributed by atoms with Crippen LogP contribution in [0, 0.1) is 0 Å². The highest BCUT2D eigenvalue weighted by atomic mass is 16.5. The summed E-state index contributed by atoms with van der Waals surface area (Å²) in [7, 11) is 0. The second-order valence-corrected chi connectivity index (χ2v) is 15.5. The molecule has 0 atom stereocenters. The fourth-order valence-electron chi connectivity index (χ4n) is 8.39. The number of aromatic nitrogens is 2. The first-order valence-electron chi connectivity index (χ1n) is 19.8. The number of fused-ring (bicyclic) bond motifs is 2. The molecule has 2 aromatic heterocycles. The number of pyridine rings is 2. The van der Waals surface area contributed by atoms with E-state index in [1.165, 1.54) is 22.2 Å². The molecule has 1 aliphatic heterocycles. The Morgan fingerprint density at radius 1 is 0.474 bits per heavy atom. The van der Waals surface area contributed by atoms with E-state index in [-0.39, 0.29) is 12.5 Å². The minimum absolute atomic E-state index is 0.0101. The Labute approximate surface area is 335 Å². The van der Waals surface area contributed by atoms with Gasteiger partial charge in [0.1, 0.15) is 17.2 Å². The van der Waals surface area contributed by atoms with Crippen LogP contribution in [0.3, 0.4) is 0 Å². The van der Waals surface area contributed by atoms with Crippen LogP contribution in [-0.4, -0.2) is 21.8 Å². The summed E-state index contributed by atoms with van der Waals surface area (Å²) < 4.78 is 6.37. The highest BCUT2D eigenvalue weighted by molar-refractivity contribution is 6.97. The summed E-state index contributed by atoms with van der Waals surface area (Å²) in [6.45, 7) is 9.01. The number of hydrogen-bond acceptors (Lipinski definition) is 4. The van der Waals surface area contributed by atoms with Gasteiger partial charge in [0, 0.05) is 22.9 Å². The molecule has 0 fully saturated rings. The predicted molar refractivity (Wildman–Crippen MR) is 237 cm³/mol. The minimum Gasteiger partial charge on any atom is -0.507 e. The molecular weight excluding hydrogens is 695 g/mol. The van der Waals surface area contributed by atoms with Gasteiger partial charge in [-0.25, -0.2) is 4.98 Å². The fourth-order valence-corrected chi connectivity index (χ4v) is 8.39. The van der Waals surface area contributed by atoms with Gasteiger partial charge in [0.15, 0.2) is 0 Å². The topological polar surface area (TPSA) is 55.2 Å². The predicted octanol–water partition coefficient (Wildman–Crippen LogP) is 11.4. The number of hydrogen-bond donors (Lipinski definition) is 1. The Bertz CT molecular complexity index is 2700. The molecule has 0 saturated heterocycles. The smallest absolute Gasteiger partial charge is 0.251 e. The van der Waals surface area contributed by atoms with E-state index in [0.29, 0.717) is 17.4 Å². The summed E-state index contributed by atoms with van der Waals surface area (Å²) in [5.74, 6) is 2.63. The molecule has 276 valence electrons. The maximum Gasteiger partial charge on any atom is 0.251 e. The van der Waals surface area contributed by atoms with Gasteiger partial charge in [-0.1, -0.05) is 142 Å². The lowest BCUT2D eigenvalue weighted by molar-refractivity contribution is 0.477. The minimum atomic E-state index is 0.0101. The summed E-state index contributed by atoms with van der Waals surface area (Å²) in [5, 5.41) is 11.0. The lowest BCUT2D eigenvalue weighted by Gasteiger charge is -2.28. The molecule has 3 heterocycles. The van der Waals surface area contributed by atoms with Crippen molar-refractivity contribution in [3.63, 3.8) is 0 Å². The van der Waals surface area contributed by atoms with Gasteiger partial charge in [-0.2, -0.15) is 0 Å². The standard InChI is InChI=1S/C52H43BN2O2/c1-33(2)39-19-14-20-40(34(3)4)52(39)38-31-47(55-48(32-38)42-18-6-10-24-49(42)56)37-16-13-15-36(29-37)46-30-35(27-28-54-46)41-17-5-7-21-43(41)53-44-22-8-11-25-50(44)57-51-26-12-9-23-45(51)53/h5-34,56H,1-4H3. The van der Waals surface area contributed by atoms with E-state index < -0.39 is 0 Å². The molecule has 8 aromatic rings. The summed E-state index contributed by atoms with van der Waals surface area (Å²) in [4.78, 5) is 10.1. The third-order valence-corrected chi connectivity index (χ3v) is 11.1. The van der Waals surface area contributed by atoms with Crippen molar-refractivity contribution in [3.8, 4) is 73.3 Å². The zero-order valence-electron chi connectivity index (χ0n) is 32.6. The quantitative estimate of drug-likeness (QED) is 0.158. The van der Waals surface area contributed by atoms with E-state index >= 15 is 0 Å². The second kappa shape index (κ2) is 15.1. The third-order valence-electron chi connectivity index (χ3n) is 11.1. The molecule has 4 nitrogen and oxygen atoms in total. The van der Waals surface area contributed by atoms with Crippen molar-refractivity contribution in [3.05, 3.63) is 181 Å². The van der Waals surface area contributed by atoms with Crippen molar-refractivity contribution in [1.29, 1.82) is 0 Å². The number of nitrogens with zero attached hydrogens (tertiary/aromatic N) is 2. The first kappa shape index (κ1) is 36.0. The van der Waals surface area contributed by atoms with Crippen LogP contribution in [0.25, 0.3) is 56.0 Å². The van der Waals surface area contributed by atoms with E-state index in [9.17, 15) is 5.11 Å². The van der Waals surface area contributed by atoms with E-state index in [2.05, 4.69) is 155 Å². The molecule has 6 aromatic carbocycles. The molecule has 9 rings (SSSR count). The number of ether oxygens (including phenoxy) is 1. The van der Waals surface area contributed by atoms with E-state index in [0.717, 1.165) is 67.3 Å². The fraction of sp³-hybridized carbons (Fsp3) is 0.115. The monoisotopic (exact) mass is 738 g/mol. The molecule has 5 heteroatoms. The zero-order chi connectivity index (χ0) is 39.0. The van der Waals surface area contributed by atoms with Crippen LogP contribution in [0.1, 0.15) is 50.7 Å². The van der Waals surface area contributed by atoms with Crippen molar-refractivity contribution >= 4 is 23.1 Å². The molecule has 0 aliphatic carbocycles. The number of aromatic hydroxyl groups is 1. The maximum atomic E-state index is 11.0. The zero-order valence-corrected chi connectivity index (χ0v) is 32.6. The van der Waals surface area contributed by atoms with Crippen LogP contribution < -0.4 is 21.1 Å². The molecule has 1 N–H and O–H groups in total. The number of phenolic OH excluding ortho intramolecular Hbond substituents is 1. The van der Waals surface area contributed by atoms with Gasteiger partial charge in [0.25, 0.3) is 6.71 Å². The first-order chi connectivity index (χ1) is 27.8.